The van der Waals surface area contributed by atoms with E-state index >= 15 is 0 Å². The van der Waals surface area contributed by atoms with E-state index in [2.05, 4.69) is 12.6 Å². The fourth-order valence-electron chi connectivity index (χ4n) is 1.16. The molecular weight excluding hydrogens is 218 g/mol. The number of rotatable bonds is 6. The molecule has 0 saturated carbocycles. The average Bonchev–Trinajstić information content (AvgIpc) is 2.23. The fourth-order valence-corrected chi connectivity index (χ4v) is 1.38. The lowest BCUT2D eigenvalue weighted by atomic mass is 10.2. The molecule has 84 valence electrons. The molecular formula is C11H14F2OS. The highest BCUT2D eigenvalue weighted by Crippen LogP contribution is 2.18. The van der Waals surface area contributed by atoms with Crippen LogP contribution in [0.15, 0.2) is 18.2 Å². The summed E-state index contributed by atoms with van der Waals surface area (Å²) in [5.41, 5.74) is 0. The highest BCUT2D eigenvalue weighted by Gasteiger charge is 2.04. The summed E-state index contributed by atoms with van der Waals surface area (Å²) in [6, 6.07) is 3.20. The molecule has 0 heterocycles. The summed E-state index contributed by atoms with van der Waals surface area (Å²) in [6.07, 6.45) is 2.83. The Hall–Kier alpha value is -0.770. The van der Waals surface area contributed by atoms with Gasteiger partial charge in [0, 0.05) is 6.07 Å². The van der Waals surface area contributed by atoms with Crippen LogP contribution in [-0.4, -0.2) is 12.4 Å². The van der Waals surface area contributed by atoms with Gasteiger partial charge < -0.3 is 4.74 Å². The van der Waals surface area contributed by atoms with Gasteiger partial charge >= 0.3 is 0 Å². The van der Waals surface area contributed by atoms with Gasteiger partial charge in [-0.1, -0.05) is 0 Å². The second-order valence-corrected chi connectivity index (χ2v) is 3.65. The largest absolute Gasteiger partial charge is 0.490 e. The number of halogens is 2. The van der Waals surface area contributed by atoms with Crippen LogP contribution in [0, 0.1) is 11.6 Å². The lowest BCUT2D eigenvalue weighted by Gasteiger charge is -2.06. The van der Waals surface area contributed by atoms with E-state index in [0.29, 0.717) is 6.61 Å². The van der Waals surface area contributed by atoms with Gasteiger partial charge in [-0.2, -0.15) is 12.6 Å². The average molecular weight is 232 g/mol. The van der Waals surface area contributed by atoms with Crippen LogP contribution in [-0.2, 0) is 0 Å². The highest BCUT2D eigenvalue weighted by atomic mass is 32.1. The van der Waals surface area contributed by atoms with Crippen LogP contribution in [0.4, 0.5) is 8.78 Å². The van der Waals surface area contributed by atoms with Gasteiger partial charge in [0.2, 0.25) is 0 Å². The lowest BCUT2D eigenvalue weighted by molar-refractivity contribution is 0.290. The van der Waals surface area contributed by atoms with E-state index in [1.165, 1.54) is 0 Å². The Balaban J connectivity index is 2.33. The first-order chi connectivity index (χ1) is 7.24. The van der Waals surface area contributed by atoms with Crippen molar-refractivity contribution >= 4 is 12.6 Å². The van der Waals surface area contributed by atoms with Crippen LogP contribution in [0.25, 0.3) is 0 Å². The van der Waals surface area contributed by atoms with Crippen LogP contribution in [0.3, 0.4) is 0 Å². The standard InChI is InChI=1S/C11H14F2OS/c12-9-4-5-10(13)11(8-9)14-6-2-1-3-7-15/h4-5,8,15H,1-3,6-7H2. The topological polar surface area (TPSA) is 9.23 Å². The number of hydrogen-bond acceptors (Lipinski definition) is 2. The third-order valence-corrected chi connectivity index (χ3v) is 2.27. The van der Waals surface area contributed by atoms with Gasteiger partial charge in [0.25, 0.3) is 0 Å². The highest BCUT2D eigenvalue weighted by molar-refractivity contribution is 7.80. The van der Waals surface area contributed by atoms with Crippen molar-refractivity contribution in [1.82, 2.24) is 0 Å². The second-order valence-electron chi connectivity index (χ2n) is 3.21. The zero-order valence-electron chi connectivity index (χ0n) is 8.38. The summed E-state index contributed by atoms with van der Waals surface area (Å²) >= 11 is 4.07. The molecule has 0 aromatic heterocycles. The number of hydrogen-bond donors (Lipinski definition) is 1. The Morgan fingerprint density at radius 1 is 1.13 bits per heavy atom. The normalized spacial score (nSPS) is 10.3. The molecule has 0 saturated heterocycles. The molecule has 0 bridgehead atoms. The molecule has 0 fully saturated rings. The molecule has 0 radical (unpaired) electrons. The molecule has 4 heteroatoms. The zero-order valence-corrected chi connectivity index (χ0v) is 9.27. The molecule has 0 aliphatic rings. The molecule has 1 nitrogen and oxygen atoms in total. The van der Waals surface area contributed by atoms with Gasteiger partial charge in [0.15, 0.2) is 11.6 Å². The summed E-state index contributed by atoms with van der Waals surface area (Å²) in [7, 11) is 0. The van der Waals surface area contributed by atoms with Crippen molar-refractivity contribution in [2.24, 2.45) is 0 Å². The molecule has 0 atom stereocenters. The Kier molecular flexibility index (Phi) is 5.47. The first kappa shape index (κ1) is 12.3. The van der Waals surface area contributed by atoms with Crippen molar-refractivity contribution in [2.45, 2.75) is 19.3 Å². The molecule has 0 aliphatic carbocycles. The maximum absolute atomic E-state index is 13.0. The first-order valence-corrected chi connectivity index (χ1v) is 5.56. The number of benzene rings is 1. The van der Waals surface area contributed by atoms with Gasteiger partial charge in [-0.05, 0) is 37.1 Å². The zero-order chi connectivity index (χ0) is 11.1. The third-order valence-electron chi connectivity index (χ3n) is 1.95. The van der Waals surface area contributed by atoms with Crippen LogP contribution < -0.4 is 4.74 Å². The van der Waals surface area contributed by atoms with E-state index in [1.54, 1.807) is 0 Å². The van der Waals surface area contributed by atoms with E-state index in [1.807, 2.05) is 0 Å². The maximum atomic E-state index is 13.0. The minimum absolute atomic E-state index is 0.0131. The van der Waals surface area contributed by atoms with Crippen LogP contribution in [0.2, 0.25) is 0 Å². The monoisotopic (exact) mass is 232 g/mol. The van der Waals surface area contributed by atoms with Crippen molar-refractivity contribution in [1.29, 1.82) is 0 Å². The first-order valence-electron chi connectivity index (χ1n) is 4.93. The number of unbranched alkanes of at least 4 members (excludes halogenated alkanes) is 2. The molecule has 0 aliphatic heterocycles. The molecule has 0 unspecified atom stereocenters. The predicted molar refractivity (Wildman–Crippen MR) is 59.6 cm³/mol. The fraction of sp³-hybridized carbons (Fsp3) is 0.455. The van der Waals surface area contributed by atoms with E-state index in [-0.39, 0.29) is 5.75 Å². The van der Waals surface area contributed by atoms with Gasteiger partial charge in [0.05, 0.1) is 6.61 Å². The van der Waals surface area contributed by atoms with Crippen molar-refractivity contribution in [3.05, 3.63) is 29.8 Å². The quantitative estimate of drug-likeness (QED) is 0.584. The van der Waals surface area contributed by atoms with Crippen LogP contribution in [0.1, 0.15) is 19.3 Å². The van der Waals surface area contributed by atoms with Crippen molar-refractivity contribution in [3.63, 3.8) is 0 Å². The third kappa shape index (κ3) is 4.51. The number of ether oxygens (including phenoxy) is 1. The minimum atomic E-state index is -0.523. The molecule has 0 amide bonds. The maximum Gasteiger partial charge on any atom is 0.165 e. The molecule has 15 heavy (non-hydrogen) atoms. The van der Waals surface area contributed by atoms with Crippen molar-refractivity contribution in [2.75, 3.05) is 12.4 Å². The van der Waals surface area contributed by atoms with Crippen molar-refractivity contribution < 1.29 is 13.5 Å². The number of thiol groups is 1. The SMILES string of the molecule is Fc1ccc(F)c(OCCCCCS)c1. The van der Waals surface area contributed by atoms with Gasteiger partial charge in [-0.3, -0.25) is 0 Å². The van der Waals surface area contributed by atoms with Crippen molar-refractivity contribution in [3.8, 4) is 5.75 Å². The molecule has 1 rings (SSSR count). The summed E-state index contributed by atoms with van der Waals surface area (Å²) in [5.74, 6) is -0.179. The van der Waals surface area contributed by atoms with E-state index in [0.717, 1.165) is 43.2 Å². The Morgan fingerprint density at radius 2 is 1.93 bits per heavy atom. The van der Waals surface area contributed by atoms with E-state index < -0.39 is 11.6 Å². The van der Waals surface area contributed by atoms with Gasteiger partial charge in [-0.25, -0.2) is 8.78 Å². The molecule has 0 spiro atoms. The Morgan fingerprint density at radius 3 is 2.67 bits per heavy atom. The van der Waals surface area contributed by atoms with E-state index in [4.69, 9.17) is 4.74 Å². The second kappa shape index (κ2) is 6.67. The van der Waals surface area contributed by atoms with Crippen LogP contribution >= 0.6 is 12.6 Å². The predicted octanol–water partition coefficient (Wildman–Crippen LogP) is 3.44. The Labute approximate surface area is 93.9 Å². The molecule has 0 N–H and O–H groups in total. The minimum Gasteiger partial charge on any atom is -0.490 e. The summed E-state index contributed by atoms with van der Waals surface area (Å²) in [6.45, 7) is 0.411. The Bertz CT molecular complexity index is 305. The van der Waals surface area contributed by atoms with E-state index in [9.17, 15) is 8.78 Å². The molecule has 1 aromatic carbocycles. The summed E-state index contributed by atoms with van der Waals surface area (Å²) in [4.78, 5) is 0. The summed E-state index contributed by atoms with van der Waals surface area (Å²) in [5, 5.41) is 0. The smallest absolute Gasteiger partial charge is 0.165 e. The molecule has 1 aromatic rings. The van der Waals surface area contributed by atoms with Crippen LogP contribution in [0.5, 0.6) is 5.75 Å². The lowest BCUT2D eigenvalue weighted by Crippen LogP contribution is -1.99. The van der Waals surface area contributed by atoms with Gasteiger partial charge in [0.1, 0.15) is 5.82 Å². The summed E-state index contributed by atoms with van der Waals surface area (Å²) < 4.78 is 30.9. The van der Waals surface area contributed by atoms with Gasteiger partial charge in [-0.15, -0.1) is 0 Å².